The van der Waals surface area contributed by atoms with Crippen molar-refractivity contribution in [3.8, 4) is 5.75 Å². The van der Waals surface area contributed by atoms with Gasteiger partial charge in [0.05, 0.1) is 11.8 Å². The van der Waals surface area contributed by atoms with Gasteiger partial charge in [0.25, 0.3) is 5.91 Å². The molecule has 0 aliphatic rings. The van der Waals surface area contributed by atoms with E-state index in [1.165, 1.54) is 24.4 Å². The molecule has 0 atom stereocenters. The largest absolute Gasteiger partial charge is 0.416 e. The number of amides is 1. The summed E-state index contributed by atoms with van der Waals surface area (Å²) in [5, 5.41) is 5.53. The van der Waals surface area contributed by atoms with E-state index >= 15 is 0 Å². The summed E-state index contributed by atoms with van der Waals surface area (Å²) >= 11 is 0. The summed E-state index contributed by atoms with van der Waals surface area (Å²) in [7, 11) is -4.42. The Balaban J connectivity index is 1.51. The van der Waals surface area contributed by atoms with E-state index in [4.69, 9.17) is 4.18 Å². The first-order valence-corrected chi connectivity index (χ1v) is 11.6. The minimum atomic E-state index is -4.59. The number of hydrazone groups is 1. The number of carbonyl (C=O) groups is 1. The fourth-order valence-electron chi connectivity index (χ4n) is 3.28. The number of halogens is 3. The molecule has 0 saturated carbocycles. The number of fused-ring (bicyclic) bond motifs is 1. The topological polar surface area (TPSA) is 84.8 Å². The normalized spacial score (nSPS) is 12.1. The lowest BCUT2D eigenvalue weighted by Crippen LogP contribution is -2.18. The molecule has 1 amide bonds. The fourth-order valence-corrected chi connectivity index (χ4v) is 4.24. The maximum atomic E-state index is 12.8. The standard InChI is InChI=1S/C25H17F3N2O4S/c26-25(27,28)19-12-14-20(15-13-19)35(32,33)34-23-11-4-2-7-18(23)16-29-30-24(31)22-10-5-8-17-6-1-3-9-21(17)22/h1-16H,(H,30,31). The summed E-state index contributed by atoms with van der Waals surface area (Å²) < 4.78 is 68.6. The smallest absolute Gasteiger partial charge is 0.378 e. The number of nitrogens with zero attached hydrogens (tertiary/aromatic N) is 1. The number of nitrogens with one attached hydrogen (secondary N) is 1. The lowest BCUT2D eigenvalue weighted by Gasteiger charge is -2.11. The van der Waals surface area contributed by atoms with Crippen LogP contribution in [0.2, 0.25) is 0 Å². The molecule has 10 heteroatoms. The highest BCUT2D eigenvalue weighted by Gasteiger charge is 2.31. The molecule has 0 radical (unpaired) electrons. The van der Waals surface area contributed by atoms with Crippen LogP contribution >= 0.6 is 0 Å². The second kappa shape index (κ2) is 9.59. The minimum absolute atomic E-state index is 0.115. The maximum Gasteiger partial charge on any atom is 0.416 e. The molecule has 0 fully saturated rings. The number of hydrogen-bond donors (Lipinski definition) is 1. The molecule has 1 N–H and O–H groups in total. The highest BCUT2D eigenvalue weighted by Crippen LogP contribution is 2.30. The molecule has 0 unspecified atom stereocenters. The van der Waals surface area contributed by atoms with Crippen molar-refractivity contribution in [3.63, 3.8) is 0 Å². The Bertz CT molecular complexity index is 1510. The van der Waals surface area contributed by atoms with Gasteiger partial charge in [-0.3, -0.25) is 4.79 Å². The SMILES string of the molecule is O=C(NN=Cc1ccccc1OS(=O)(=O)c1ccc(C(F)(F)F)cc1)c1cccc2ccccc12. The molecule has 178 valence electrons. The van der Waals surface area contributed by atoms with Crippen molar-refractivity contribution in [2.45, 2.75) is 11.1 Å². The number of carbonyl (C=O) groups excluding carboxylic acids is 1. The van der Waals surface area contributed by atoms with Crippen molar-refractivity contribution in [1.82, 2.24) is 5.43 Å². The van der Waals surface area contributed by atoms with Crippen molar-refractivity contribution < 1.29 is 30.6 Å². The van der Waals surface area contributed by atoms with Crippen molar-refractivity contribution in [3.05, 3.63) is 108 Å². The summed E-state index contributed by atoms with van der Waals surface area (Å²) in [6.45, 7) is 0. The summed E-state index contributed by atoms with van der Waals surface area (Å²) in [5.74, 6) is -0.579. The van der Waals surface area contributed by atoms with E-state index in [1.54, 1.807) is 18.2 Å². The zero-order valence-corrected chi connectivity index (χ0v) is 18.7. The van der Waals surface area contributed by atoms with E-state index in [9.17, 15) is 26.4 Å². The molecule has 4 rings (SSSR count). The average Bonchev–Trinajstić information content (AvgIpc) is 2.84. The van der Waals surface area contributed by atoms with Crippen LogP contribution in [0.15, 0.2) is 101 Å². The Morgan fingerprint density at radius 1 is 0.857 bits per heavy atom. The Hall–Kier alpha value is -4.18. The van der Waals surface area contributed by atoms with Crippen LogP contribution in [0.1, 0.15) is 21.5 Å². The zero-order valence-electron chi connectivity index (χ0n) is 17.9. The van der Waals surface area contributed by atoms with Crippen molar-refractivity contribution in [2.24, 2.45) is 5.10 Å². The van der Waals surface area contributed by atoms with Crippen molar-refractivity contribution in [2.75, 3.05) is 0 Å². The van der Waals surface area contributed by atoms with E-state index in [-0.39, 0.29) is 11.3 Å². The second-order valence-corrected chi connectivity index (χ2v) is 8.87. The second-order valence-electron chi connectivity index (χ2n) is 7.32. The number of rotatable bonds is 6. The number of hydrogen-bond acceptors (Lipinski definition) is 5. The van der Waals surface area contributed by atoms with Gasteiger partial charge in [0.2, 0.25) is 0 Å². The van der Waals surface area contributed by atoms with Gasteiger partial charge in [0.15, 0.2) is 5.75 Å². The Morgan fingerprint density at radius 3 is 2.26 bits per heavy atom. The molecular weight excluding hydrogens is 481 g/mol. The Labute approximate surface area is 198 Å². The van der Waals surface area contributed by atoms with Crippen LogP contribution in [-0.4, -0.2) is 20.5 Å². The van der Waals surface area contributed by atoms with Crippen LogP contribution in [0.5, 0.6) is 5.75 Å². The zero-order chi connectivity index (χ0) is 25.1. The first-order valence-electron chi connectivity index (χ1n) is 10.2. The van der Waals surface area contributed by atoms with Gasteiger partial charge in [0.1, 0.15) is 4.90 Å². The first kappa shape index (κ1) is 24.0. The first-order chi connectivity index (χ1) is 16.6. The van der Waals surface area contributed by atoms with E-state index in [2.05, 4.69) is 10.5 Å². The van der Waals surface area contributed by atoms with E-state index in [1.807, 2.05) is 30.3 Å². The molecule has 0 heterocycles. The van der Waals surface area contributed by atoms with Crippen molar-refractivity contribution in [1.29, 1.82) is 0 Å². The summed E-state index contributed by atoms with van der Waals surface area (Å²) in [6, 6.07) is 21.6. The number of para-hydroxylation sites is 1. The summed E-state index contributed by atoms with van der Waals surface area (Å²) in [6.07, 6.45) is -3.39. The Morgan fingerprint density at radius 2 is 1.51 bits per heavy atom. The van der Waals surface area contributed by atoms with Gasteiger partial charge in [-0.05, 0) is 53.2 Å². The summed E-state index contributed by atoms with van der Waals surface area (Å²) in [4.78, 5) is 12.2. The molecular formula is C25H17F3N2O4S. The third kappa shape index (κ3) is 5.49. The lowest BCUT2D eigenvalue weighted by molar-refractivity contribution is -0.137. The average molecular weight is 498 g/mol. The highest BCUT2D eigenvalue weighted by molar-refractivity contribution is 7.87. The van der Waals surface area contributed by atoms with Gasteiger partial charge in [-0.15, -0.1) is 0 Å². The van der Waals surface area contributed by atoms with Gasteiger partial charge in [0, 0.05) is 11.1 Å². The third-order valence-corrected chi connectivity index (χ3v) is 6.24. The van der Waals surface area contributed by atoms with Gasteiger partial charge < -0.3 is 4.18 Å². The molecule has 0 aliphatic carbocycles. The third-order valence-electron chi connectivity index (χ3n) is 4.99. The fraction of sp³-hybridized carbons (Fsp3) is 0.0400. The number of alkyl halides is 3. The molecule has 0 saturated heterocycles. The van der Waals surface area contributed by atoms with Gasteiger partial charge in [-0.1, -0.05) is 48.5 Å². The van der Waals surface area contributed by atoms with Crippen LogP contribution in [-0.2, 0) is 16.3 Å². The van der Waals surface area contributed by atoms with Crippen LogP contribution in [0.3, 0.4) is 0 Å². The quantitative estimate of drug-likeness (QED) is 0.219. The van der Waals surface area contributed by atoms with Gasteiger partial charge in [-0.25, -0.2) is 5.43 Å². The maximum absolute atomic E-state index is 12.8. The molecule has 6 nitrogen and oxygen atoms in total. The van der Waals surface area contributed by atoms with E-state index in [0.717, 1.165) is 22.9 Å². The summed E-state index contributed by atoms with van der Waals surface area (Å²) in [5.41, 5.74) is 2.06. The molecule has 0 spiro atoms. The van der Waals surface area contributed by atoms with Crippen LogP contribution in [0.25, 0.3) is 10.8 Å². The highest BCUT2D eigenvalue weighted by atomic mass is 32.2. The predicted molar refractivity (Wildman–Crippen MR) is 125 cm³/mol. The van der Waals surface area contributed by atoms with E-state index in [0.29, 0.717) is 17.7 Å². The van der Waals surface area contributed by atoms with Gasteiger partial charge >= 0.3 is 16.3 Å². The molecule has 0 aromatic heterocycles. The van der Waals surface area contributed by atoms with Crippen LogP contribution in [0.4, 0.5) is 13.2 Å². The molecule has 35 heavy (non-hydrogen) atoms. The van der Waals surface area contributed by atoms with Crippen molar-refractivity contribution >= 4 is 33.0 Å². The molecule has 0 aliphatic heterocycles. The van der Waals surface area contributed by atoms with E-state index < -0.39 is 32.7 Å². The molecule has 4 aromatic rings. The number of benzene rings is 4. The predicted octanol–water partition coefficient (Wildman–Crippen LogP) is 5.39. The Kier molecular flexibility index (Phi) is 6.57. The van der Waals surface area contributed by atoms with Gasteiger partial charge in [-0.2, -0.15) is 26.7 Å². The van der Waals surface area contributed by atoms with Crippen LogP contribution < -0.4 is 9.61 Å². The minimum Gasteiger partial charge on any atom is -0.378 e. The monoisotopic (exact) mass is 498 g/mol. The van der Waals surface area contributed by atoms with Crippen LogP contribution in [0, 0.1) is 0 Å². The molecule has 4 aromatic carbocycles. The molecule has 0 bridgehead atoms. The lowest BCUT2D eigenvalue weighted by atomic mass is 10.0.